The van der Waals surface area contributed by atoms with Crippen molar-refractivity contribution in [2.45, 2.75) is 24.5 Å². The molecule has 1 N–H and O–H groups in total. The van der Waals surface area contributed by atoms with Crippen LogP contribution in [0.1, 0.15) is 6.92 Å². The number of alkyl halides is 1. The van der Waals surface area contributed by atoms with Crippen LogP contribution in [0.2, 0.25) is 0 Å². The fourth-order valence-electron chi connectivity index (χ4n) is 1.48. The second-order valence-electron chi connectivity index (χ2n) is 3.70. The average molecular weight is 272 g/mol. The molecule has 0 amide bonds. The van der Waals surface area contributed by atoms with Crippen molar-refractivity contribution in [3.05, 3.63) is 12.8 Å². The molecule has 0 aromatic rings. The van der Waals surface area contributed by atoms with Gasteiger partial charge < -0.3 is 14.8 Å². The Morgan fingerprint density at radius 1 is 1.67 bits per heavy atom. The van der Waals surface area contributed by atoms with Gasteiger partial charge in [-0.2, -0.15) is 0 Å². The largest absolute Gasteiger partial charge is 0.463 e. The van der Waals surface area contributed by atoms with E-state index in [9.17, 15) is 9.18 Å². The summed E-state index contributed by atoms with van der Waals surface area (Å²) in [6.07, 6.45) is 5.39. The molecule has 4 radical (unpaired) electrons. The van der Waals surface area contributed by atoms with Crippen molar-refractivity contribution in [3.8, 4) is 0 Å². The number of nitrogens with zero attached hydrogens (tertiary/aromatic N) is 1. The van der Waals surface area contributed by atoms with Gasteiger partial charge in [0.25, 0.3) is 0 Å². The molecule has 98 valence electrons. The van der Waals surface area contributed by atoms with Gasteiger partial charge in [-0.05, 0) is 0 Å². The van der Waals surface area contributed by atoms with Crippen LogP contribution in [0.4, 0.5) is 4.39 Å². The third kappa shape index (κ3) is 3.58. The number of rotatable bonds is 4. The van der Waals surface area contributed by atoms with Crippen LogP contribution in [0.25, 0.3) is 0 Å². The first kappa shape index (κ1) is 13.6. The molecule has 2 unspecified atom stereocenters. The van der Waals surface area contributed by atoms with E-state index in [1.807, 2.05) is 0 Å². The maximum absolute atomic E-state index is 12.0. The van der Waals surface area contributed by atoms with Gasteiger partial charge in [-0.3, -0.25) is 9.79 Å². The SMILES string of the molecule is CC(=O)OC[C@H]1[C][C]C2N=C(NCCF)SC2O1. The minimum atomic E-state index is -0.448. The summed E-state index contributed by atoms with van der Waals surface area (Å²) >= 11 is 1.38. The van der Waals surface area contributed by atoms with Crippen LogP contribution in [0.3, 0.4) is 0 Å². The summed E-state index contributed by atoms with van der Waals surface area (Å²) < 4.78 is 22.5. The minimum Gasteiger partial charge on any atom is -0.463 e. The highest BCUT2D eigenvalue weighted by Gasteiger charge is 2.38. The van der Waals surface area contributed by atoms with E-state index in [1.54, 1.807) is 0 Å². The molecule has 0 spiro atoms. The molecule has 2 aliphatic rings. The Bertz CT molecular complexity index is 340. The first-order valence-corrected chi connectivity index (χ1v) is 6.41. The minimum absolute atomic E-state index is 0.124. The molecule has 0 bridgehead atoms. The third-order valence-electron chi connectivity index (χ3n) is 2.24. The number of hydrogen-bond acceptors (Lipinski definition) is 6. The second-order valence-corrected chi connectivity index (χ2v) is 4.78. The number of fused-ring (bicyclic) bond motifs is 1. The quantitative estimate of drug-likeness (QED) is 0.754. The summed E-state index contributed by atoms with van der Waals surface area (Å²) in [6, 6.07) is -0.231. The maximum atomic E-state index is 12.0. The summed E-state index contributed by atoms with van der Waals surface area (Å²) in [4.78, 5) is 15.0. The smallest absolute Gasteiger partial charge is 0.302 e. The van der Waals surface area contributed by atoms with Gasteiger partial charge in [0.2, 0.25) is 0 Å². The van der Waals surface area contributed by atoms with E-state index in [-0.39, 0.29) is 30.6 Å². The van der Waals surface area contributed by atoms with Crippen molar-refractivity contribution in [1.82, 2.24) is 5.32 Å². The average Bonchev–Trinajstić information content (AvgIpc) is 2.75. The lowest BCUT2D eigenvalue weighted by Gasteiger charge is -2.28. The molecular formula is C11H13FN2O3S. The molecule has 18 heavy (non-hydrogen) atoms. The van der Waals surface area contributed by atoms with Gasteiger partial charge in [0.15, 0.2) is 5.17 Å². The fraction of sp³-hybridized carbons (Fsp3) is 0.636. The third-order valence-corrected chi connectivity index (χ3v) is 3.32. The molecule has 0 saturated carbocycles. The van der Waals surface area contributed by atoms with E-state index < -0.39 is 12.8 Å². The molecule has 0 aromatic heterocycles. The number of halogens is 1. The topological polar surface area (TPSA) is 59.9 Å². The van der Waals surface area contributed by atoms with Crippen molar-refractivity contribution < 1.29 is 18.7 Å². The molecule has 0 aromatic carbocycles. The lowest BCUT2D eigenvalue weighted by Crippen LogP contribution is -2.37. The lowest BCUT2D eigenvalue weighted by atomic mass is 10.1. The second kappa shape index (κ2) is 6.38. The van der Waals surface area contributed by atoms with Gasteiger partial charge in [-0.15, -0.1) is 0 Å². The first-order chi connectivity index (χ1) is 8.69. The predicted molar refractivity (Wildman–Crippen MR) is 64.6 cm³/mol. The number of carbonyl (C=O) groups excluding carboxylic acids is 1. The maximum Gasteiger partial charge on any atom is 0.302 e. The lowest BCUT2D eigenvalue weighted by molar-refractivity contribution is -0.145. The van der Waals surface area contributed by atoms with E-state index in [1.165, 1.54) is 18.7 Å². The molecule has 0 aliphatic carbocycles. The monoisotopic (exact) mass is 272 g/mol. The summed E-state index contributed by atoms with van der Waals surface area (Å²) in [5, 5.41) is 3.50. The van der Waals surface area contributed by atoms with Gasteiger partial charge in [-0.1, -0.05) is 11.8 Å². The Balaban J connectivity index is 1.77. The Hall–Kier alpha value is -0.820. The Kier molecular flexibility index (Phi) is 4.82. The summed E-state index contributed by atoms with van der Waals surface area (Å²) in [6.45, 7) is 1.25. The number of ether oxygens (including phenoxy) is 2. The number of nitrogens with one attached hydrogen (secondary N) is 1. The van der Waals surface area contributed by atoms with E-state index in [0.29, 0.717) is 5.17 Å². The van der Waals surface area contributed by atoms with Crippen LogP contribution < -0.4 is 5.32 Å². The molecule has 2 aliphatic heterocycles. The van der Waals surface area contributed by atoms with Crippen LogP contribution in [-0.4, -0.2) is 48.5 Å². The number of esters is 1. The zero-order valence-corrected chi connectivity index (χ0v) is 10.6. The molecule has 3 atom stereocenters. The van der Waals surface area contributed by atoms with Crippen molar-refractivity contribution in [3.63, 3.8) is 0 Å². The molecule has 1 fully saturated rings. The van der Waals surface area contributed by atoms with Gasteiger partial charge in [0, 0.05) is 26.3 Å². The zero-order valence-electron chi connectivity index (χ0n) is 9.81. The normalized spacial score (nSPS) is 30.6. The molecule has 7 heteroatoms. The van der Waals surface area contributed by atoms with E-state index in [0.717, 1.165) is 0 Å². The standard InChI is InChI=1S/C11H13FN2O3S/c1-7(15)16-6-8-2-3-9-10(17-8)18-11(14-9)13-5-4-12/h8-10H,4-6H2,1H3,(H,13,14)/t8-,9?,10?/m1/s1. The highest BCUT2D eigenvalue weighted by Crippen LogP contribution is 2.34. The molecule has 2 heterocycles. The number of thioether (sulfide) groups is 1. The summed E-state index contributed by atoms with van der Waals surface area (Å²) in [5.74, 6) is -0.358. The molecule has 2 rings (SSSR count). The Morgan fingerprint density at radius 3 is 3.22 bits per heavy atom. The summed E-state index contributed by atoms with van der Waals surface area (Å²) in [7, 11) is 0. The van der Waals surface area contributed by atoms with E-state index in [4.69, 9.17) is 9.47 Å². The van der Waals surface area contributed by atoms with E-state index >= 15 is 0 Å². The zero-order chi connectivity index (χ0) is 13.0. The summed E-state index contributed by atoms with van der Waals surface area (Å²) in [5.41, 5.74) is -0.214. The Morgan fingerprint density at radius 2 is 2.50 bits per heavy atom. The fourth-order valence-corrected chi connectivity index (χ4v) is 2.51. The van der Waals surface area contributed by atoms with Crippen molar-refractivity contribution >= 4 is 22.9 Å². The number of aliphatic imine (C=N–C) groups is 1. The number of hydrogen-bond donors (Lipinski definition) is 1. The first-order valence-electron chi connectivity index (χ1n) is 5.53. The Labute approximate surface area is 109 Å². The van der Waals surface area contributed by atoms with E-state index in [2.05, 4.69) is 23.2 Å². The van der Waals surface area contributed by atoms with Gasteiger partial charge in [-0.25, -0.2) is 4.39 Å². The van der Waals surface area contributed by atoms with Crippen LogP contribution in [0.5, 0.6) is 0 Å². The molecule has 1 saturated heterocycles. The predicted octanol–water partition coefficient (Wildman–Crippen LogP) is 0.467. The highest BCUT2D eigenvalue weighted by molar-refractivity contribution is 8.14. The van der Waals surface area contributed by atoms with Crippen LogP contribution in [-0.2, 0) is 14.3 Å². The van der Waals surface area contributed by atoms with Crippen molar-refractivity contribution in [2.24, 2.45) is 4.99 Å². The van der Waals surface area contributed by atoms with Crippen LogP contribution in [0, 0.1) is 12.8 Å². The number of amidine groups is 1. The van der Waals surface area contributed by atoms with Gasteiger partial charge >= 0.3 is 5.97 Å². The highest BCUT2D eigenvalue weighted by atomic mass is 32.2. The molecule has 5 nitrogen and oxygen atoms in total. The van der Waals surface area contributed by atoms with Gasteiger partial charge in [0.05, 0.1) is 6.04 Å². The van der Waals surface area contributed by atoms with Crippen LogP contribution >= 0.6 is 11.8 Å². The molecular weight excluding hydrogens is 259 g/mol. The van der Waals surface area contributed by atoms with Crippen molar-refractivity contribution in [1.29, 1.82) is 0 Å². The van der Waals surface area contributed by atoms with Gasteiger partial charge in [0.1, 0.15) is 24.8 Å². The number of carbonyl (C=O) groups is 1. The van der Waals surface area contributed by atoms with Crippen LogP contribution in [0.15, 0.2) is 4.99 Å². The van der Waals surface area contributed by atoms with Crippen molar-refractivity contribution in [2.75, 3.05) is 19.8 Å².